The van der Waals surface area contributed by atoms with E-state index < -0.39 is 0 Å². The van der Waals surface area contributed by atoms with Gasteiger partial charge in [-0.1, -0.05) is 12.1 Å². The highest BCUT2D eigenvalue weighted by Crippen LogP contribution is 2.32. The van der Waals surface area contributed by atoms with E-state index in [1.54, 1.807) is 13.2 Å². The standard InChI is InChI=1S/C16H24N2O2/c1-4-5-14-8-13(9-15(20-3)16(14)19)11-18-7-6-17-12(2)10-18/h4,8-9,12,17,19H,1,5-7,10-11H2,2-3H3/t12-/m0/s1. The predicted molar refractivity (Wildman–Crippen MR) is 81.3 cm³/mol. The van der Waals surface area contributed by atoms with E-state index in [-0.39, 0.29) is 5.75 Å². The van der Waals surface area contributed by atoms with Crippen molar-refractivity contribution in [1.82, 2.24) is 10.2 Å². The molecule has 1 aromatic carbocycles. The van der Waals surface area contributed by atoms with Crippen molar-refractivity contribution < 1.29 is 9.84 Å². The van der Waals surface area contributed by atoms with E-state index >= 15 is 0 Å². The Morgan fingerprint density at radius 1 is 1.55 bits per heavy atom. The number of allylic oxidation sites excluding steroid dienone is 1. The normalized spacial score (nSPS) is 19.8. The maximum Gasteiger partial charge on any atom is 0.161 e. The molecule has 2 N–H and O–H groups in total. The summed E-state index contributed by atoms with van der Waals surface area (Å²) in [6, 6.07) is 4.50. The van der Waals surface area contributed by atoms with Gasteiger partial charge in [-0.15, -0.1) is 6.58 Å². The number of ether oxygens (including phenoxy) is 1. The molecule has 0 aromatic heterocycles. The van der Waals surface area contributed by atoms with E-state index in [2.05, 4.69) is 23.7 Å². The minimum Gasteiger partial charge on any atom is -0.504 e. The molecule has 4 nitrogen and oxygen atoms in total. The Morgan fingerprint density at radius 3 is 3.00 bits per heavy atom. The fourth-order valence-electron chi connectivity index (χ4n) is 2.70. The highest BCUT2D eigenvalue weighted by Gasteiger charge is 2.17. The van der Waals surface area contributed by atoms with Crippen LogP contribution in [0.3, 0.4) is 0 Å². The number of nitrogens with one attached hydrogen (secondary N) is 1. The molecule has 20 heavy (non-hydrogen) atoms. The molecule has 1 atom stereocenters. The van der Waals surface area contributed by atoms with Crippen molar-refractivity contribution in [2.75, 3.05) is 26.7 Å². The van der Waals surface area contributed by atoms with Crippen LogP contribution in [0.4, 0.5) is 0 Å². The second-order valence-corrected chi connectivity index (χ2v) is 5.39. The number of aromatic hydroxyl groups is 1. The fraction of sp³-hybridized carbons (Fsp3) is 0.500. The van der Waals surface area contributed by atoms with Crippen LogP contribution in [-0.2, 0) is 13.0 Å². The Labute approximate surface area is 121 Å². The van der Waals surface area contributed by atoms with Crippen molar-refractivity contribution >= 4 is 0 Å². The van der Waals surface area contributed by atoms with Crippen LogP contribution in [0.2, 0.25) is 0 Å². The number of rotatable bonds is 5. The second-order valence-electron chi connectivity index (χ2n) is 5.39. The summed E-state index contributed by atoms with van der Waals surface area (Å²) in [4.78, 5) is 2.42. The van der Waals surface area contributed by atoms with Crippen LogP contribution in [-0.4, -0.2) is 42.8 Å². The molecule has 0 bridgehead atoms. The van der Waals surface area contributed by atoms with Gasteiger partial charge in [0.1, 0.15) is 0 Å². The van der Waals surface area contributed by atoms with Crippen LogP contribution in [0.5, 0.6) is 11.5 Å². The van der Waals surface area contributed by atoms with Gasteiger partial charge in [0.2, 0.25) is 0 Å². The zero-order valence-electron chi connectivity index (χ0n) is 12.4. The van der Waals surface area contributed by atoms with Crippen molar-refractivity contribution in [3.8, 4) is 11.5 Å². The topological polar surface area (TPSA) is 44.7 Å². The van der Waals surface area contributed by atoms with E-state index in [0.29, 0.717) is 18.2 Å². The number of piperazine rings is 1. The number of nitrogens with zero attached hydrogens (tertiary/aromatic N) is 1. The lowest BCUT2D eigenvalue weighted by atomic mass is 10.0. The first kappa shape index (κ1) is 14.9. The molecule has 0 radical (unpaired) electrons. The molecule has 1 aliphatic rings. The number of phenolic OH excluding ortho intramolecular Hbond substituents is 1. The minimum absolute atomic E-state index is 0.227. The molecule has 0 unspecified atom stereocenters. The van der Waals surface area contributed by atoms with Crippen molar-refractivity contribution in [3.05, 3.63) is 35.9 Å². The molecular weight excluding hydrogens is 252 g/mol. The van der Waals surface area contributed by atoms with Crippen LogP contribution < -0.4 is 10.1 Å². The molecule has 1 heterocycles. The largest absolute Gasteiger partial charge is 0.504 e. The summed E-state index contributed by atoms with van der Waals surface area (Å²) in [6.07, 6.45) is 2.44. The first-order valence-corrected chi connectivity index (χ1v) is 7.09. The highest BCUT2D eigenvalue weighted by atomic mass is 16.5. The van der Waals surface area contributed by atoms with Crippen molar-refractivity contribution in [1.29, 1.82) is 0 Å². The molecule has 1 aromatic rings. The first-order valence-electron chi connectivity index (χ1n) is 7.09. The van der Waals surface area contributed by atoms with Gasteiger partial charge in [0.15, 0.2) is 11.5 Å². The van der Waals surface area contributed by atoms with Gasteiger partial charge in [0.25, 0.3) is 0 Å². The Hall–Kier alpha value is -1.52. The highest BCUT2D eigenvalue weighted by molar-refractivity contribution is 5.49. The van der Waals surface area contributed by atoms with Crippen molar-refractivity contribution in [2.45, 2.75) is 25.9 Å². The number of phenols is 1. The lowest BCUT2D eigenvalue weighted by molar-refractivity contribution is 0.199. The lowest BCUT2D eigenvalue weighted by Gasteiger charge is -2.32. The van der Waals surface area contributed by atoms with Crippen LogP contribution in [0, 0.1) is 0 Å². The molecule has 2 rings (SSSR count). The molecule has 1 fully saturated rings. The molecule has 110 valence electrons. The van der Waals surface area contributed by atoms with Crippen LogP contribution in [0.25, 0.3) is 0 Å². The third-order valence-corrected chi connectivity index (χ3v) is 3.66. The average Bonchev–Trinajstić information content (AvgIpc) is 2.42. The smallest absolute Gasteiger partial charge is 0.161 e. The summed E-state index contributed by atoms with van der Waals surface area (Å²) in [5.41, 5.74) is 2.04. The van der Waals surface area contributed by atoms with Gasteiger partial charge in [-0.25, -0.2) is 0 Å². The predicted octanol–water partition coefficient (Wildman–Crippen LogP) is 1.92. The molecule has 4 heteroatoms. The number of methoxy groups -OCH3 is 1. The van der Waals surface area contributed by atoms with Gasteiger partial charge in [-0.3, -0.25) is 4.90 Å². The number of hydrogen-bond donors (Lipinski definition) is 2. The van der Waals surface area contributed by atoms with Crippen LogP contribution in [0.15, 0.2) is 24.8 Å². The summed E-state index contributed by atoms with van der Waals surface area (Å²) < 4.78 is 5.27. The minimum atomic E-state index is 0.227. The Kier molecular flexibility index (Phi) is 5.04. The molecule has 0 amide bonds. The van der Waals surface area contributed by atoms with Crippen molar-refractivity contribution in [3.63, 3.8) is 0 Å². The summed E-state index contributed by atoms with van der Waals surface area (Å²) in [7, 11) is 1.59. The lowest BCUT2D eigenvalue weighted by Crippen LogP contribution is -2.48. The van der Waals surface area contributed by atoms with Gasteiger partial charge in [0.05, 0.1) is 7.11 Å². The van der Waals surface area contributed by atoms with Gasteiger partial charge in [0, 0.05) is 37.8 Å². The van der Waals surface area contributed by atoms with Gasteiger partial charge in [-0.05, 0) is 25.0 Å². The van der Waals surface area contributed by atoms with E-state index in [9.17, 15) is 5.11 Å². The van der Waals surface area contributed by atoms with Gasteiger partial charge < -0.3 is 15.2 Å². The summed E-state index contributed by atoms with van der Waals surface area (Å²) in [5, 5.41) is 13.5. The zero-order valence-corrected chi connectivity index (χ0v) is 12.4. The molecule has 0 aliphatic carbocycles. The molecule has 0 spiro atoms. The number of benzene rings is 1. The Morgan fingerprint density at radius 2 is 2.35 bits per heavy atom. The third kappa shape index (κ3) is 3.52. The maximum absolute atomic E-state index is 10.1. The van der Waals surface area contributed by atoms with Crippen LogP contribution in [0.1, 0.15) is 18.1 Å². The van der Waals surface area contributed by atoms with E-state index in [1.165, 1.54) is 5.56 Å². The monoisotopic (exact) mass is 276 g/mol. The quantitative estimate of drug-likeness (QED) is 0.807. The average molecular weight is 276 g/mol. The van der Waals surface area contributed by atoms with E-state index in [1.807, 2.05) is 12.1 Å². The summed E-state index contributed by atoms with van der Waals surface area (Å²) >= 11 is 0. The zero-order chi connectivity index (χ0) is 14.5. The van der Waals surface area contributed by atoms with Crippen molar-refractivity contribution in [2.24, 2.45) is 0 Å². The summed E-state index contributed by atoms with van der Waals surface area (Å²) in [6.45, 7) is 9.93. The Bertz CT molecular complexity index is 474. The van der Waals surface area contributed by atoms with Gasteiger partial charge in [-0.2, -0.15) is 0 Å². The van der Waals surface area contributed by atoms with E-state index in [4.69, 9.17) is 4.74 Å². The summed E-state index contributed by atoms with van der Waals surface area (Å²) in [5.74, 6) is 0.771. The maximum atomic E-state index is 10.1. The molecular formula is C16H24N2O2. The SMILES string of the molecule is C=CCc1cc(CN2CCN[C@@H](C)C2)cc(OC)c1O. The van der Waals surface area contributed by atoms with Gasteiger partial charge >= 0.3 is 0 Å². The molecule has 1 aliphatic heterocycles. The number of hydrogen-bond acceptors (Lipinski definition) is 4. The Balaban J connectivity index is 2.18. The van der Waals surface area contributed by atoms with Crippen LogP contribution >= 0.6 is 0 Å². The molecule has 1 saturated heterocycles. The van der Waals surface area contributed by atoms with E-state index in [0.717, 1.165) is 31.7 Å². The fourth-order valence-corrected chi connectivity index (χ4v) is 2.70. The first-order chi connectivity index (χ1) is 9.63. The molecule has 0 saturated carbocycles. The second kappa shape index (κ2) is 6.77. The third-order valence-electron chi connectivity index (χ3n) is 3.66.